The van der Waals surface area contributed by atoms with Gasteiger partial charge in [0.2, 0.25) is 0 Å². The molecule has 0 bridgehead atoms. The second kappa shape index (κ2) is 7.56. The number of anilines is 1. The molecule has 0 saturated carbocycles. The fourth-order valence-electron chi connectivity index (χ4n) is 3.23. The van der Waals surface area contributed by atoms with Gasteiger partial charge in [-0.1, -0.05) is 18.5 Å². The van der Waals surface area contributed by atoms with Gasteiger partial charge >= 0.3 is 0 Å². The second-order valence-electron chi connectivity index (χ2n) is 6.48. The van der Waals surface area contributed by atoms with Crippen LogP contribution < -0.4 is 4.90 Å². The first-order valence-corrected chi connectivity index (χ1v) is 9.44. The van der Waals surface area contributed by atoms with Crippen LogP contribution in [0, 0.1) is 5.82 Å². The van der Waals surface area contributed by atoms with Crippen molar-refractivity contribution in [1.29, 1.82) is 0 Å². The molecule has 4 rings (SSSR count). The maximum absolute atomic E-state index is 13.5. The summed E-state index contributed by atoms with van der Waals surface area (Å²) in [6.07, 6.45) is 6.64. The van der Waals surface area contributed by atoms with Crippen molar-refractivity contribution >= 4 is 40.6 Å². The minimum atomic E-state index is -0.329. The molecule has 1 saturated heterocycles. The van der Waals surface area contributed by atoms with E-state index in [2.05, 4.69) is 24.8 Å². The van der Waals surface area contributed by atoms with E-state index in [4.69, 9.17) is 11.6 Å². The fraction of sp³-hybridized carbons (Fsp3) is 0.300. The first-order chi connectivity index (χ1) is 13.1. The number of hydrogen-bond donors (Lipinski definition) is 0. The zero-order valence-electron chi connectivity index (χ0n) is 15.0. The Morgan fingerprint density at radius 3 is 2.63 bits per heavy atom. The van der Waals surface area contributed by atoms with Gasteiger partial charge in [0.05, 0.1) is 22.4 Å². The molecule has 3 heterocycles. The molecule has 7 heteroatoms. The second-order valence-corrected chi connectivity index (χ2v) is 6.86. The Hall–Kier alpha value is -2.60. The Morgan fingerprint density at radius 2 is 1.85 bits per heavy atom. The summed E-state index contributed by atoms with van der Waals surface area (Å²) in [5.74, 6) is 1.03. The van der Waals surface area contributed by atoms with Crippen LogP contribution in [0.1, 0.15) is 37.0 Å². The lowest BCUT2D eigenvalue weighted by Crippen LogP contribution is -2.19. The molecule has 0 aliphatic carbocycles. The Labute approximate surface area is 162 Å². The highest BCUT2D eigenvalue weighted by Crippen LogP contribution is 2.22. The Kier molecular flexibility index (Phi) is 4.99. The Bertz CT molecular complexity index is 1010. The van der Waals surface area contributed by atoms with E-state index in [9.17, 15) is 4.39 Å². The van der Waals surface area contributed by atoms with Crippen molar-refractivity contribution in [3.8, 4) is 0 Å². The number of aromatic nitrogens is 4. The zero-order chi connectivity index (χ0) is 18.8. The monoisotopic (exact) mass is 383 g/mol. The lowest BCUT2D eigenvalue weighted by molar-refractivity contribution is 0.629. The molecule has 2 aromatic heterocycles. The van der Waals surface area contributed by atoms with Gasteiger partial charge in [0.1, 0.15) is 16.8 Å². The third kappa shape index (κ3) is 3.90. The summed E-state index contributed by atoms with van der Waals surface area (Å²) in [6, 6.07) is 6.22. The number of fused-ring (bicyclic) bond motifs is 1. The third-order valence-corrected chi connectivity index (χ3v) is 4.78. The highest BCUT2D eigenvalue weighted by atomic mass is 35.5. The summed E-state index contributed by atoms with van der Waals surface area (Å²) in [5, 5.41) is 0.411. The number of nitrogens with zero attached hydrogens (tertiary/aromatic N) is 5. The van der Waals surface area contributed by atoms with Crippen LogP contribution in [0.5, 0.6) is 0 Å². The number of aryl methyl sites for hydroxylation is 1. The molecule has 1 aliphatic rings. The van der Waals surface area contributed by atoms with E-state index in [1.54, 1.807) is 18.2 Å². The van der Waals surface area contributed by atoms with Crippen LogP contribution in [0.25, 0.3) is 23.2 Å². The number of halogens is 2. The summed E-state index contributed by atoms with van der Waals surface area (Å²) in [5.41, 5.74) is 2.73. The van der Waals surface area contributed by atoms with Gasteiger partial charge in [-0.05, 0) is 43.5 Å². The van der Waals surface area contributed by atoms with Gasteiger partial charge in [-0.15, -0.1) is 0 Å². The molecule has 0 N–H and O–H groups in total. The minimum absolute atomic E-state index is 0.329. The van der Waals surface area contributed by atoms with Crippen molar-refractivity contribution in [2.75, 3.05) is 18.0 Å². The van der Waals surface area contributed by atoms with Gasteiger partial charge in [-0.3, -0.25) is 0 Å². The maximum atomic E-state index is 13.5. The predicted octanol–water partition coefficient (Wildman–Crippen LogP) is 4.55. The number of rotatable bonds is 4. The van der Waals surface area contributed by atoms with Gasteiger partial charge < -0.3 is 4.90 Å². The molecule has 1 aliphatic heterocycles. The van der Waals surface area contributed by atoms with Crippen LogP contribution in [-0.4, -0.2) is 33.0 Å². The molecule has 1 fully saturated rings. The molecular formula is C20H19ClFN5. The molecule has 5 nitrogen and oxygen atoms in total. The van der Waals surface area contributed by atoms with Crippen LogP contribution in [0.4, 0.5) is 10.2 Å². The molecule has 27 heavy (non-hydrogen) atoms. The van der Waals surface area contributed by atoms with Gasteiger partial charge in [-0.2, -0.15) is 0 Å². The summed E-state index contributed by atoms with van der Waals surface area (Å²) in [6.45, 7) is 3.98. The van der Waals surface area contributed by atoms with Crippen molar-refractivity contribution in [2.24, 2.45) is 0 Å². The van der Waals surface area contributed by atoms with E-state index >= 15 is 0 Å². The first-order valence-electron chi connectivity index (χ1n) is 9.06. The van der Waals surface area contributed by atoms with Gasteiger partial charge in [0, 0.05) is 25.2 Å². The molecule has 138 valence electrons. The molecule has 0 amide bonds. The van der Waals surface area contributed by atoms with Crippen LogP contribution in [0.15, 0.2) is 24.3 Å². The van der Waals surface area contributed by atoms with Crippen LogP contribution >= 0.6 is 11.6 Å². The van der Waals surface area contributed by atoms with E-state index in [0.29, 0.717) is 27.7 Å². The van der Waals surface area contributed by atoms with E-state index < -0.39 is 0 Å². The highest BCUT2D eigenvalue weighted by Gasteiger charge is 2.15. The largest absolute Gasteiger partial charge is 0.356 e. The molecule has 3 aromatic rings. The SMILES string of the molecule is CCc1nc2ccc(F)cc2nc1C=Cc1nc(Cl)cc(N2CCCC2)n1. The van der Waals surface area contributed by atoms with E-state index in [1.165, 1.54) is 12.1 Å². The fourth-order valence-corrected chi connectivity index (χ4v) is 3.41. The number of hydrogen-bond acceptors (Lipinski definition) is 5. The summed E-state index contributed by atoms with van der Waals surface area (Å²) < 4.78 is 13.5. The standard InChI is InChI=1S/C20H19ClFN5/c1-2-14-15(24-17-11-13(22)5-6-16(17)23-14)7-8-19-25-18(21)12-20(26-19)27-9-3-4-10-27/h5-8,11-12H,2-4,9-10H2,1H3. The normalized spacial score (nSPS) is 14.6. The van der Waals surface area contributed by atoms with Crippen molar-refractivity contribution in [2.45, 2.75) is 26.2 Å². The van der Waals surface area contributed by atoms with Gasteiger partial charge in [0.15, 0.2) is 5.82 Å². The highest BCUT2D eigenvalue weighted by molar-refractivity contribution is 6.29. The van der Waals surface area contributed by atoms with Crippen molar-refractivity contribution < 1.29 is 4.39 Å². The molecule has 0 atom stereocenters. The molecule has 1 aromatic carbocycles. The van der Waals surface area contributed by atoms with Crippen molar-refractivity contribution in [3.05, 3.63) is 52.4 Å². The van der Waals surface area contributed by atoms with Crippen LogP contribution in [-0.2, 0) is 6.42 Å². The first kappa shape index (κ1) is 17.8. The molecule has 0 radical (unpaired) electrons. The van der Waals surface area contributed by atoms with Crippen molar-refractivity contribution in [1.82, 2.24) is 19.9 Å². The molecule has 0 unspecified atom stereocenters. The molecule has 0 spiro atoms. The maximum Gasteiger partial charge on any atom is 0.156 e. The average Bonchev–Trinajstić information content (AvgIpc) is 3.20. The van der Waals surface area contributed by atoms with Crippen LogP contribution in [0.3, 0.4) is 0 Å². The summed E-state index contributed by atoms with van der Waals surface area (Å²) >= 11 is 6.18. The lowest BCUT2D eigenvalue weighted by atomic mass is 10.2. The van der Waals surface area contributed by atoms with Gasteiger partial charge in [-0.25, -0.2) is 24.3 Å². The summed E-state index contributed by atoms with van der Waals surface area (Å²) in [4.78, 5) is 20.2. The molecular weight excluding hydrogens is 365 g/mol. The van der Waals surface area contributed by atoms with Gasteiger partial charge in [0.25, 0.3) is 0 Å². The van der Waals surface area contributed by atoms with E-state index in [0.717, 1.165) is 43.9 Å². The average molecular weight is 384 g/mol. The third-order valence-electron chi connectivity index (χ3n) is 4.58. The van der Waals surface area contributed by atoms with Crippen molar-refractivity contribution in [3.63, 3.8) is 0 Å². The smallest absolute Gasteiger partial charge is 0.156 e. The topological polar surface area (TPSA) is 54.8 Å². The quantitative estimate of drug-likeness (QED) is 0.619. The van der Waals surface area contributed by atoms with E-state index in [1.807, 2.05) is 13.0 Å². The van der Waals surface area contributed by atoms with Crippen LogP contribution in [0.2, 0.25) is 5.15 Å². The predicted molar refractivity (Wildman–Crippen MR) is 106 cm³/mol. The number of benzene rings is 1. The Balaban J connectivity index is 1.69. The van der Waals surface area contributed by atoms with E-state index in [-0.39, 0.29) is 5.82 Å². The minimum Gasteiger partial charge on any atom is -0.356 e. The lowest BCUT2D eigenvalue weighted by Gasteiger charge is -2.16. The zero-order valence-corrected chi connectivity index (χ0v) is 15.7. The summed E-state index contributed by atoms with van der Waals surface area (Å²) in [7, 11) is 0. The Morgan fingerprint density at radius 1 is 1.04 bits per heavy atom.